The van der Waals surface area contributed by atoms with Crippen LogP contribution in [0.2, 0.25) is 0 Å². The highest BCUT2D eigenvalue weighted by Gasteiger charge is 2.08. The van der Waals surface area contributed by atoms with Gasteiger partial charge in [0.15, 0.2) is 0 Å². The first-order valence-corrected chi connectivity index (χ1v) is 5.26. The number of nitrogens with zero attached hydrogens (tertiary/aromatic N) is 1. The van der Waals surface area contributed by atoms with Gasteiger partial charge in [-0.1, -0.05) is 6.07 Å². The second kappa shape index (κ2) is 5.45. The van der Waals surface area contributed by atoms with E-state index in [2.05, 4.69) is 10.5 Å². The number of nitrogens with two attached hydrogens (primary N) is 1. The fraction of sp³-hybridized carbons (Fsp3) is 0.333. The van der Waals surface area contributed by atoms with Gasteiger partial charge in [0.2, 0.25) is 0 Å². The zero-order valence-corrected chi connectivity index (χ0v) is 10.2. The highest BCUT2D eigenvalue weighted by atomic mass is 16.3. The van der Waals surface area contributed by atoms with Gasteiger partial charge in [0.1, 0.15) is 0 Å². The van der Waals surface area contributed by atoms with Crippen molar-refractivity contribution in [3.8, 4) is 0 Å². The molecule has 0 bridgehead atoms. The van der Waals surface area contributed by atoms with Crippen LogP contribution in [0.25, 0.3) is 0 Å². The van der Waals surface area contributed by atoms with Crippen molar-refractivity contribution < 1.29 is 9.90 Å². The summed E-state index contributed by atoms with van der Waals surface area (Å²) in [6, 6.07) is 1.27. The van der Waals surface area contributed by atoms with Crippen LogP contribution < -0.4 is 11.2 Å². The Balaban J connectivity index is 3.15. The van der Waals surface area contributed by atoms with Gasteiger partial charge in [0.05, 0.1) is 12.8 Å². The molecule has 0 atom stereocenters. The highest BCUT2D eigenvalue weighted by Crippen LogP contribution is 2.20. The zero-order chi connectivity index (χ0) is 13.0. The summed E-state index contributed by atoms with van der Waals surface area (Å²) in [5.74, 6) is 0. The molecule has 0 spiro atoms. The van der Waals surface area contributed by atoms with Crippen LogP contribution in [0, 0.1) is 20.8 Å². The molecule has 0 heterocycles. The molecule has 0 unspecified atom stereocenters. The number of aliphatic hydroxyl groups excluding tert-OH is 1. The summed E-state index contributed by atoms with van der Waals surface area (Å²) in [7, 11) is 0. The smallest absolute Gasteiger partial charge is 0.332 e. The monoisotopic (exact) mass is 235 g/mol. The molecule has 0 fully saturated rings. The number of aryl methyl sites for hydroxylation is 2. The number of benzene rings is 1. The van der Waals surface area contributed by atoms with Crippen LogP contribution in [0.15, 0.2) is 11.2 Å². The fourth-order valence-electron chi connectivity index (χ4n) is 1.85. The summed E-state index contributed by atoms with van der Waals surface area (Å²) >= 11 is 0. The third-order valence-corrected chi connectivity index (χ3v) is 2.72. The van der Waals surface area contributed by atoms with Crippen molar-refractivity contribution in [2.75, 3.05) is 0 Å². The van der Waals surface area contributed by atoms with Gasteiger partial charge in [-0.05, 0) is 43.0 Å². The number of aliphatic hydroxyl groups is 1. The van der Waals surface area contributed by atoms with Gasteiger partial charge in [0.25, 0.3) is 0 Å². The quantitative estimate of drug-likeness (QED) is 0.541. The summed E-state index contributed by atoms with van der Waals surface area (Å²) in [4.78, 5) is 10.5. The molecular weight excluding hydrogens is 218 g/mol. The maximum Gasteiger partial charge on any atom is 0.332 e. The lowest BCUT2D eigenvalue weighted by molar-refractivity contribution is 0.249. The molecule has 1 rings (SSSR count). The Hall–Kier alpha value is -1.88. The lowest BCUT2D eigenvalue weighted by Crippen LogP contribution is -2.24. The molecule has 0 aliphatic carbocycles. The molecule has 5 heteroatoms. The van der Waals surface area contributed by atoms with Gasteiger partial charge in [-0.25, -0.2) is 10.2 Å². The molecule has 92 valence electrons. The van der Waals surface area contributed by atoms with Crippen molar-refractivity contribution in [2.24, 2.45) is 10.8 Å². The standard InChI is InChI=1S/C12H17N3O2/c1-7-4-8(2)11(6-16)9(3)10(7)5-14-15-12(13)17/h4-5,16H,6H2,1-3H3,(H3,13,15,17). The van der Waals surface area contributed by atoms with Crippen LogP contribution in [0.1, 0.15) is 27.8 Å². The van der Waals surface area contributed by atoms with E-state index in [1.807, 2.05) is 26.8 Å². The molecule has 5 nitrogen and oxygen atoms in total. The molecule has 17 heavy (non-hydrogen) atoms. The van der Waals surface area contributed by atoms with E-state index in [9.17, 15) is 9.90 Å². The number of hydrogen-bond donors (Lipinski definition) is 3. The van der Waals surface area contributed by atoms with E-state index in [-0.39, 0.29) is 6.61 Å². The number of carbonyl (C=O) groups excluding carboxylic acids is 1. The number of primary amides is 1. The largest absolute Gasteiger partial charge is 0.392 e. The molecule has 0 radical (unpaired) electrons. The Bertz CT molecular complexity index is 467. The average Bonchev–Trinajstić information content (AvgIpc) is 2.22. The van der Waals surface area contributed by atoms with E-state index in [1.165, 1.54) is 6.21 Å². The molecule has 2 amide bonds. The number of rotatable bonds is 3. The van der Waals surface area contributed by atoms with Gasteiger partial charge in [-0.3, -0.25) is 0 Å². The molecule has 0 aromatic heterocycles. The summed E-state index contributed by atoms with van der Waals surface area (Å²) in [5.41, 5.74) is 11.9. The van der Waals surface area contributed by atoms with Crippen LogP contribution in [0.4, 0.5) is 4.79 Å². The van der Waals surface area contributed by atoms with Gasteiger partial charge >= 0.3 is 6.03 Å². The van der Waals surface area contributed by atoms with Gasteiger partial charge in [0, 0.05) is 5.56 Å². The maximum atomic E-state index is 10.5. The summed E-state index contributed by atoms with van der Waals surface area (Å²) in [6.45, 7) is 5.81. The highest BCUT2D eigenvalue weighted by molar-refractivity contribution is 5.85. The third kappa shape index (κ3) is 3.04. The summed E-state index contributed by atoms with van der Waals surface area (Å²) in [5, 5.41) is 13.0. The molecule has 0 aliphatic rings. The molecule has 1 aromatic carbocycles. The first-order valence-electron chi connectivity index (χ1n) is 5.26. The normalized spacial score (nSPS) is 10.8. The number of amides is 2. The number of hydrogen-bond acceptors (Lipinski definition) is 3. The number of carbonyl (C=O) groups is 1. The predicted octanol–water partition coefficient (Wildman–Crippen LogP) is 1.11. The first-order chi connectivity index (χ1) is 7.97. The molecule has 4 N–H and O–H groups in total. The van der Waals surface area contributed by atoms with E-state index in [0.29, 0.717) is 0 Å². The SMILES string of the molecule is Cc1cc(C)c(CO)c(C)c1C=NNC(N)=O. The van der Waals surface area contributed by atoms with E-state index in [4.69, 9.17) is 5.73 Å². The second-order valence-electron chi connectivity index (χ2n) is 3.92. The van der Waals surface area contributed by atoms with E-state index in [0.717, 1.165) is 27.8 Å². The van der Waals surface area contributed by atoms with Gasteiger partial charge in [-0.15, -0.1) is 0 Å². The van der Waals surface area contributed by atoms with Crippen molar-refractivity contribution in [2.45, 2.75) is 27.4 Å². The second-order valence-corrected chi connectivity index (χ2v) is 3.92. The Labute approximate surface area is 100 Å². The van der Waals surface area contributed by atoms with Crippen LogP contribution in [0.5, 0.6) is 0 Å². The minimum atomic E-state index is -0.703. The van der Waals surface area contributed by atoms with Gasteiger partial charge < -0.3 is 10.8 Å². The molecular formula is C12H17N3O2. The number of hydrazone groups is 1. The first kappa shape index (κ1) is 13.2. The molecule has 0 aliphatic heterocycles. The van der Waals surface area contributed by atoms with Crippen LogP contribution in [-0.2, 0) is 6.61 Å². The van der Waals surface area contributed by atoms with Crippen LogP contribution in [-0.4, -0.2) is 17.4 Å². The minimum Gasteiger partial charge on any atom is -0.392 e. The van der Waals surface area contributed by atoms with E-state index in [1.54, 1.807) is 0 Å². The minimum absolute atomic E-state index is 0.0119. The van der Waals surface area contributed by atoms with E-state index >= 15 is 0 Å². The zero-order valence-electron chi connectivity index (χ0n) is 10.2. The number of nitrogens with one attached hydrogen (secondary N) is 1. The topological polar surface area (TPSA) is 87.7 Å². The lowest BCUT2D eigenvalue weighted by Gasteiger charge is -2.12. The number of urea groups is 1. The molecule has 1 aromatic rings. The fourth-order valence-corrected chi connectivity index (χ4v) is 1.85. The molecule has 0 saturated carbocycles. The Morgan fingerprint density at radius 2 is 2.12 bits per heavy atom. The van der Waals surface area contributed by atoms with Gasteiger partial charge in [-0.2, -0.15) is 5.10 Å². The predicted molar refractivity (Wildman–Crippen MR) is 66.9 cm³/mol. The average molecular weight is 235 g/mol. The van der Waals surface area contributed by atoms with Crippen molar-refractivity contribution in [1.29, 1.82) is 0 Å². The lowest BCUT2D eigenvalue weighted by atomic mass is 9.94. The third-order valence-electron chi connectivity index (χ3n) is 2.72. The summed E-state index contributed by atoms with van der Waals surface area (Å²) in [6.07, 6.45) is 1.54. The van der Waals surface area contributed by atoms with E-state index < -0.39 is 6.03 Å². The molecule has 0 saturated heterocycles. The van der Waals surface area contributed by atoms with Crippen molar-refractivity contribution in [3.63, 3.8) is 0 Å². The Morgan fingerprint density at radius 3 is 2.65 bits per heavy atom. The Kier molecular flexibility index (Phi) is 4.23. The maximum absolute atomic E-state index is 10.5. The van der Waals surface area contributed by atoms with Crippen LogP contribution in [0.3, 0.4) is 0 Å². The Morgan fingerprint density at radius 1 is 1.47 bits per heavy atom. The van der Waals surface area contributed by atoms with Crippen molar-refractivity contribution in [1.82, 2.24) is 5.43 Å². The van der Waals surface area contributed by atoms with Crippen LogP contribution >= 0.6 is 0 Å². The van der Waals surface area contributed by atoms with Crippen molar-refractivity contribution in [3.05, 3.63) is 33.9 Å². The van der Waals surface area contributed by atoms with Crippen molar-refractivity contribution >= 4 is 12.2 Å². The summed E-state index contributed by atoms with van der Waals surface area (Å²) < 4.78 is 0.